The summed E-state index contributed by atoms with van der Waals surface area (Å²) in [4.78, 5) is 0. The van der Waals surface area contributed by atoms with Gasteiger partial charge in [0.05, 0.1) is 0 Å². The van der Waals surface area contributed by atoms with E-state index in [0.717, 1.165) is 25.3 Å². The van der Waals surface area contributed by atoms with Crippen LogP contribution < -0.4 is 10.1 Å². The lowest BCUT2D eigenvalue weighted by Crippen LogP contribution is -2.45. The summed E-state index contributed by atoms with van der Waals surface area (Å²) in [6.07, 6.45) is 7.74. The molecule has 1 aromatic carbocycles. The maximum Gasteiger partial charge on any atom is 0.123 e. The SMILES string of the molecule is CSC1(CNCC2Cc3cc(C)ccc3O2)CCC1. The second kappa shape index (κ2) is 5.37. The van der Waals surface area contributed by atoms with Crippen molar-refractivity contribution in [1.82, 2.24) is 5.32 Å². The van der Waals surface area contributed by atoms with Crippen molar-refractivity contribution < 1.29 is 4.74 Å². The first kappa shape index (κ1) is 13.3. The van der Waals surface area contributed by atoms with Gasteiger partial charge in [-0.15, -0.1) is 0 Å². The van der Waals surface area contributed by atoms with Crippen LogP contribution in [-0.2, 0) is 6.42 Å². The van der Waals surface area contributed by atoms with Gasteiger partial charge in [-0.1, -0.05) is 24.1 Å². The summed E-state index contributed by atoms with van der Waals surface area (Å²) in [6, 6.07) is 6.50. The molecule has 1 unspecified atom stereocenters. The lowest BCUT2D eigenvalue weighted by molar-refractivity contribution is 0.221. The van der Waals surface area contributed by atoms with Crippen LogP contribution in [-0.4, -0.2) is 30.2 Å². The van der Waals surface area contributed by atoms with Crippen LogP contribution >= 0.6 is 11.8 Å². The smallest absolute Gasteiger partial charge is 0.123 e. The van der Waals surface area contributed by atoms with Crippen molar-refractivity contribution in [1.29, 1.82) is 0 Å². The summed E-state index contributed by atoms with van der Waals surface area (Å²) in [5.74, 6) is 1.08. The molecule has 104 valence electrons. The fraction of sp³-hybridized carbons (Fsp3) is 0.625. The van der Waals surface area contributed by atoms with E-state index < -0.39 is 0 Å². The Bertz CT molecular complexity index is 451. The maximum atomic E-state index is 5.99. The van der Waals surface area contributed by atoms with Crippen LogP contribution in [0.2, 0.25) is 0 Å². The van der Waals surface area contributed by atoms with E-state index in [4.69, 9.17) is 4.74 Å². The Hall–Kier alpha value is -0.670. The Morgan fingerprint density at radius 3 is 2.95 bits per heavy atom. The highest BCUT2D eigenvalue weighted by atomic mass is 32.2. The molecule has 1 saturated carbocycles. The molecule has 3 rings (SSSR count). The molecule has 1 fully saturated rings. The quantitative estimate of drug-likeness (QED) is 0.893. The van der Waals surface area contributed by atoms with E-state index in [0.29, 0.717) is 10.9 Å². The molecule has 1 atom stereocenters. The normalized spacial score (nSPS) is 23.6. The van der Waals surface area contributed by atoms with E-state index >= 15 is 0 Å². The van der Waals surface area contributed by atoms with E-state index in [-0.39, 0.29) is 0 Å². The molecule has 2 aliphatic rings. The van der Waals surface area contributed by atoms with Crippen molar-refractivity contribution in [2.75, 3.05) is 19.3 Å². The molecule has 0 saturated heterocycles. The van der Waals surface area contributed by atoms with Crippen LogP contribution in [0, 0.1) is 6.92 Å². The van der Waals surface area contributed by atoms with Gasteiger partial charge in [-0.05, 0) is 37.7 Å². The molecule has 19 heavy (non-hydrogen) atoms. The third kappa shape index (κ3) is 2.77. The summed E-state index contributed by atoms with van der Waals surface area (Å²) in [6.45, 7) is 4.24. The highest BCUT2D eigenvalue weighted by molar-refractivity contribution is 8.00. The van der Waals surface area contributed by atoms with Crippen molar-refractivity contribution in [3.63, 3.8) is 0 Å². The molecule has 2 nitrogen and oxygen atoms in total. The monoisotopic (exact) mass is 277 g/mol. The Labute approximate surface area is 120 Å². The van der Waals surface area contributed by atoms with Gasteiger partial charge in [0.25, 0.3) is 0 Å². The lowest BCUT2D eigenvalue weighted by Gasteiger charge is -2.40. The Kier molecular flexibility index (Phi) is 3.77. The molecule has 1 aromatic rings. The Morgan fingerprint density at radius 2 is 2.26 bits per heavy atom. The van der Waals surface area contributed by atoms with E-state index in [1.165, 1.54) is 30.4 Å². The van der Waals surface area contributed by atoms with E-state index in [1.54, 1.807) is 0 Å². The van der Waals surface area contributed by atoms with E-state index in [1.807, 2.05) is 11.8 Å². The lowest BCUT2D eigenvalue weighted by atomic mass is 9.84. The van der Waals surface area contributed by atoms with Gasteiger partial charge in [0, 0.05) is 24.3 Å². The van der Waals surface area contributed by atoms with Crippen LogP contribution in [0.1, 0.15) is 30.4 Å². The van der Waals surface area contributed by atoms with Crippen molar-refractivity contribution in [2.45, 2.75) is 43.5 Å². The molecule has 1 heterocycles. The van der Waals surface area contributed by atoms with Crippen LogP contribution in [0.25, 0.3) is 0 Å². The van der Waals surface area contributed by atoms with Crippen LogP contribution in [0.15, 0.2) is 18.2 Å². The minimum Gasteiger partial charge on any atom is -0.488 e. The maximum absolute atomic E-state index is 5.99. The van der Waals surface area contributed by atoms with Gasteiger partial charge in [-0.3, -0.25) is 0 Å². The van der Waals surface area contributed by atoms with E-state index in [9.17, 15) is 0 Å². The van der Waals surface area contributed by atoms with Crippen LogP contribution in [0.3, 0.4) is 0 Å². The Morgan fingerprint density at radius 1 is 1.42 bits per heavy atom. The minimum atomic E-state index is 0.316. The largest absolute Gasteiger partial charge is 0.488 e. The van der Waals surface area contributed by atoms with E-state index in [2.05, 4.69) is 36.7 Å². The minimum absolute atomic E-state index is 0.316. The summed E-state index contributed by atoms with van der Waals surface area (Å²) >= 11 is 2.03. The average Bonchev–Trinajstić information content (AvgIpc) is 2.74. The molecular formula is C16H23NOS. The van der Waals surface area contributed by atoms with Gasteiger partial charge in [0.1, 0.15) is 11.9 Å². The number of ether oxygens (including phenoxy) is 1. The first-order valence-corrected chi connectivity index (χ1v) is 8.45. The number of fused-ring (bicyclic) bond motifs is 1. The second-order valence-electron chi connectivity index (χ2n) is 5.93. The molecule has 0 amide bonds. The van der Waals surface area contributed by atoms with Crippen molar-refractivity contribution >= 4 is 11.8 Å². The molecule has 1 aliphatic heterocycles. The zero-order valence-electron chi connectivity index (χ0n) is 11.9. The Balaban J connectivity index is 1.48. The first-order valence-electron chi connectivity index (χ1n) is 7.23. The third-order valence-electron chi connectivity index (χ3n) is 4.47. The number of aryl methyl sites for hydroxylation is 1. The third-order valence-corrected chi connectivity index (χ3v) is 5.89. The van der Waals surface area contributed by atoms with Crippen molar-refractivity contribution in [3.05, 3.63) is 29.3 Å². The predicted molar refractivity (Wildman–Crippen MR) is 82.3 cm³/mol. The van der Waals surface area contributed by atoms with Gasteiger partial charge < -0.3 is 10.1 Å². The number of benzene rings is 1. The predicted octanol–water partition coefficient (Wildman–Crippen LogP) is 3.17. The second-order valence-corrected chi connectivity index (χ2v) is 7.20. The first-order chi connectivity index (χ1) is 9.21. The fourth-order valence-corrected chi connectivity index (χ4v) is 3.99. The number of thioether (sulfide) groups is 1. The molecule has 0 bridgehead atoms. The number of rotatable bonds is 5. The van der Waals surface area contributed by atoms with Crippen molar-refractivity contribution in [3.8, 4) is 5.75 Å². The van der Waals surface area contributed by atoms with Crippen LogP contribution in [0.4, 0.5) is 0 Å². The van der Waals surface area contributed by atoms with Gasteiger partial charge in [-0.2, -0.15) is 11.8 Å². The van der Waals surface area contributed by atoms with Gasteiger partial charge >= 0.3 is 0 Å². The number of nitrogens with one attached hydrogen (secondary N) is 1. The summed E-state index contributed by atoms with van der Waals surface area (Å²) in [7, 11) is 0. The summed E-state index contributed by atoms with van der Waals surface area (Å²) in [5, 5.41) is 3.62. The number of hydrogen-bond donors (Lipinski definition) is 1. The molecule has 3 heteroatoms. The molecule has 0 aromatic heterocycles. The molecule has 1 N–H and O–H groups in total. The highest BCUT2D eigenvalue weighted by Crippen LogP contribution is 2.42. The molecular weight excluding hydrogens is 254 g/mol. The van der Waals surface area contributed by atoms with Gasteiger partial charge in [0.15, 0.2) is 0 Å². The average molecular weight is 277 g/mol. The molecule has 0 radical (unpaired) electrons. The zero-order valence-corrected chi connectivity index (χ0v) is 12.7. The summed E-state index contributed by atoms with van der Waals surface area (Å²) < 4.78 is 6.51. The van der Waals surface area contributed by atoms with Crippen molar-refractivity contribution in [2.24, 2.45) is 0 Å². The standard InChI is InChI=1S/C16H23NOS/c1-12-4-5-15-13(8-12)9-14(18-15)10-17-11-16(19-2)6-3-7-16/h4-5,8,14,17H,3,6-7,9-11H2,1-2H3. The molecule has 1 aliphatic carbocycles. The fourth-order valence-electron chi connectivity index (χ4n) is 3.05. The van der Waals surface area contributed by atoms with Gasteiger partial charge in [-0.25, -0.2) is 0 Å². The molecule has 0 spiro atoms. The summed E-state index contributed by atoms with van der Waals surface area (Å²) in [5.41, 5.74) is 2.70. The number of hydrogen-bond acceptors (Lipinski definition) is 3. The van der Waals surface area contributed by atoms with Crippen LogP contribution in [0.5, 0.6) is 5.75 Å². The topological polar surface area (TPSA) is 21.3 Å². The van der Waals surface area contributed by atoms with Gasteiger partial charge in [0.2, 0.25) is 0 Å². The zero-order chi connectivity index (χ0) is 13.3. The highest BCUT2D eigenvalue weighted by Gasteiger charge is 2.36.